The smallest absolute Gasteiger partial charge is 0.180 e. The fourth-order valence-electron chi connectivity index (χ4n) is 1.15. The second-order valence-corrected chi connectivity index (χ2v) is 4.43. The molecule has 0 saturated heterocycles. The number of halogens is 1. The van der Waals surface area contributed by atoms with Crippen molar-refractivity contribution in [2.24, 2.45) is 0 Å². The summed E-state index contributed by atoms with van der Waals surface area (Å²) in [4.78, 5) is 4.58. The Labute approximate surface area is 91.3 Å². The third-order valence-electron chi connectivity index (χ3n) is 1.89. The zero-order valence-electron chi connectivity index (χ0n) is 7.77. The van der Waals surface area contributed by atoms with Crippen LogP contribution in [0.2, 0.25) is 0 Å². The van der Waals surface area contributed by atoms with E-state index in [0.29, 0.717) is 28.0 Å². The second kappa shape index (κ2) is 4.93. The minimum Gasteiger partial charge on any atom is -0.390 e. The summed E-state index contributed by atoms with van der Waals surface area (Å²) in [6, 6.07) is 0. The first-order valence-corrected chi connectivity index (χ1v) is 5.56. The Kier molecular flexibility index (Phi) is 4.12. The summed E-state index contributed by atoms with van der Waals surface area (Å²) in [7, 11) is 0. The highest BCUT2D eigenvalue weighted by atomic mass is 35.5. The van der Waals surface area contributed by atoms with Gasteiger partial charge in [0.2, 0.25) is 0 Å². The van der Waals surface area contributed by atoms with Crippen LogP contribution in [0.3, 0.4) is 0 Å². The third kappa shape index (κ3) is 2.57. The predicted octanol–water partition coefficient (Wildman–Crippen LogP) is 1.06. The van der Waals surface area contributed by atoms with E-state index in [9.17, 15) is 10.2 Å². The number of hydrogen-bond donors (Lipinski definition) is 3. The van der Waals surface area contributed by atoms with E-state index < -0.39 is 12.2 Å². The monoisotopic (exact) mass is 236 g/mol. The molecule has 2 atom stereocenters. The lowest BCUT2D eigenvalue weighted by Crippen LogP contribution is -2.18. The number of anilines is 1. The molecule has 1 heterocycles. The molecular formula is C8H13ClN2O2S. The van der Waals surface area contributed by atoms with Gasteiger partial charge in [0.05, 0.1) is 16.7 Å². The maximum Gasteiger partial charge on any atom is 0.180 e. The molecule has 1 rings (SSSR count). The number of thiazole rings is 1. The highest BCUT2D eigenvalue weighted by Gasteiger charge is 2.22. The van der Waals surface area contributed by atoms with Gasteiger partial charge in [-0.15, -0.1) is 11.6 Å². The third-order valence-corrected chi connectivity index (χ3v) is 3.16. The summed E-state index contributed by atoms with van der Waals surface area (Å²) in [5.74, 6) is 0.311. The lowest BCUT2D eigenvalue weighted by atomic mass is 10.1. The molecule has 0 aliphatic rings. The number of nitrogens with zero attached hydrogens (tertiary/aromatic N) is 1. The van der Waals surface area contributed by atoms with Gasteiger partial charge in [0.15, 0.2) is 5.13 Å². The maximum atomic E-state index is 9.72. The van der Waals surface area contributed by atoms with Crippen LogP contribution in [0.1, 0.15) is 23.1 Å². The van der Waals surface area contributed by atoms with E-state index >= 15 is 0 Å². The Bertz CT molecular complexity index is 306. The van der Waals surface area contributed by atoms with Crippen molar-refractivity contribution in [2.75, 3.05) is 11.6 Å². The first-order valence-electron chi connectivity index (χ1n) is 4.21. The minimum atomic E-state index is -0.941. The number of aromatic nitrogens is 1. The van der Waals surface area contributed by atoms with Gasteiger partial charge in [-0.3, -0.25) is 0 Å². The van der Waals surface area contributed by atoms with Gasteiger partial charge in [-0.25, -0.2) is 4.98 Å². The van der Waals surface area contributed by atoms with E-state index in [2.05, 4.69) is 4.98 Å². The van der Waals surface area contributed by atoms with Crippen molar-refractivity contribution in [1.29, 1.82) is 0 Å². The largest absolute Gasteiger partial charge is 0.390 e. The zero-order valence-corrected chi connectivity index (χ0v) is 9.35. The molecule has 0 saturated carbocycles. The van der Waals surface area contributed by atoms with Gasteiger partial charge in [0, 0.05) is 5.88 Å². The van der Waals surface area contributed by atoms with Crippen molar-refractivity contribution in [3.63, 3.8) is 0 Å². The molecule has 14 heavy (non-hydrogen) atoms. The van der Waals surface area contributed by atoms with E-state index in [1.807, 2.05) is 0 Å². The number of aliphatic hydroxyl groups is 2. The fourth-order valence-corrected chi connectivity index (χ4v) is 2.25. The molecule has 0 radical (unpaired) electrons. The van der Waals surface area contributed by atoms with E-state index in [1.54, 1.807) is 6.92 Å². The van der Waals surface area contributed by atoms with Gasteiger partial charge < -0.3 is 15.9 Å². The molecule has 0 amide bonds. The Hall–Kier alpha value is -0.360. The summed E-state index contributed by atoms with van der Waals surface area (Å²) in [6.45, 7) is 1.75. The van der Waals surface area contributed by atoms with Crippen LogP contribution >= 0.6 is 22.9 Å². The van der Waals surface area contributed by atoms with Crippen LogP contribution in [0.5, 0.6) is 0 Å². The molecule has 1 aromatic heterocycles. The van der Waals surface area contributed by atoms with Crippen LogP contribution in [0.4, 0.5) is 5.13 Å². The van der Waals surface area contributed by atoms with E-state index in [4.69, 9.17) is 17.3 Å². The minimum absolute atomic E-state index is 0.311. The van der Waals surface area contributed by atoms with Gasteiger partial charge in [0.1, 0.15) is 6.10 Å². The summed E-state index contributed by atoms with van der Waals surface area (Å²) in [5.41, 5.74) is 6.14. The first kappa shape index (κ1) is 11.7. The van der Waals surface area contributed by atoms with Crippen LogP contribution in [-0.2, 0) is 0 Å². The van der Waals surface area contributed by atoms with Crippen LogP contribution in [0.25, 0.3) is 0 Å². The molecular weight excluding hydrogens is 224 g/mol. The van der Waals surface area contributed by atoms with Gasteiger partial charge >= 0.3 is 0 Å². The molecule has 0 bridgehead atoms. The van der Waals surface area contributed by atoms with Crippen molar-refractivity contribution in [1.82, 2.24) is 4.98 Å². The van der Waals surface area contributed by atoms with Crippen molar-refractivity contribution >= 4 is 28.1 Å². The molecule has 0 aromatic carbocycles. The fraction of sp³-hybridized carbons (Fsp3) is 0.625. The predicted molar refractivity (Wildman–Crippen MR) is 57.6 cm³/mol. The molecule has 0 fully saturated rings. The Balaban J connectivity index is 2.77. The van der Waals surface area contributed by atoms with Crippen LogP contribution in [0, 0.1) is 6.92 Å². The van der Waals surface area contributed by atoms with Gasteiger partial charge in [0.25, 0.3) is 0 Å². The Morgan fingerprint density at radius 2 is 2.21 bits per heavy atom. The normalized spacial score (nSPS) is 15.4. The quantitative estimate of drug-likeness (QED) is 0.683. The van der Waals surface area contributed by atoms with Gasteiger partial charge in [-0.05, 0) is 13.3 Å². The molecule has 4 N–H and O–H groups in total. The zero-order chi connectivity index (χ0) is 10.7. The Morgan fingerprint density at radius 1 is 1.57 bits per heavy atom. The second-order valence-electron chi connectivity index (χ2n) is 2.99. The molecule has 4 nitrogen and oxygen atoms in total. The molecule has 0 spiro atoms. The standard InChI is InChI=1S/C8H13ClN2O2S/c1-4-7(14-8(10)11-4)6(13)5(12)2-3-9/h5-6,12-13H,2-3H2,1H3,(H2,10,11). The number of alkyl halides is 1. The first-order chi connectivity index (χ1) is 6.56. The van der Waals surface area contributed by atoms with Crippen LogP contribution < -0.4 is 5.73 Å². The SMILES string of the molecule is Cc1nc(N)sc1C(O)C(O)CCCl. The highest BCUT2D eigenvalue weighted by Crippen LogP contribution is 2.29. The molecule has 0 aliphatic carbocycles. The molecule has 2 unspecified atom stereocenters. The van der Waals surface area contributed by atoms with Crippen molar-refractivity contribution in [3.8, 4) is 0 Å². The average molecular weight is 237 g/mol. The molecule has 0 aliphatic heterocycles. The van der Waals surface area contributed by atoms with Crippen LogP contribution in [-0.4, -0.2) is 27.2 Å². The number of nitrogen functional groups attached to an aromatic ring is 1. The van der Waals surface area contributed by atoms with Crippen LogP contribution in [0.15, 0.2) is 0 Å². The molecule has 6 heteroatoms. The summed E-state index contributed by atoms with van der Waals surface area (Å²) >= 11 is 6.66. The summed E-state index contributed by atoms with van der Waals surface area (Å²) < 4.78 is 0. The summed E-state index contributed by atoms with van der Waals surface area (Å²) in [5, 5.41) is 19.6. The number of aryl methyl sites for hydroxylation is 1. The van der Waals surface area contributed by atoms with E-state index in [0.717, 1.165) is 0 Å². The topological polar surface area (TPSA) is 79.4 Å². The number of rotatable bonds is 4. The average Bonchev–Trinajstić information content (AvgIpc) is 2.44. The van der Waals surface area contributed by atoms with Gasteiger partial charge in [-0.2, -0.15) is 0 Å². The summed E-state index contributed by atoms with van der Waals surface area (Å²) in [6.07, 6.45) is -1.45. The molecule has 1 aromatic rings. The number of aliphatic hydroxyl groups excluding tert-OH is 2. The maximum absolute atomic E-state index is 9.72. The van der Waals surface area contributed by atoms with Gasteiger partial charge in [-0.1, -0.05) is 11.3 Å². The lowest BCUT2D eigenvalue weighted by molar-refractivity contribution is 0.0187. The van der Waals surface area contributed by atoms with E-state index in [1.165, 1.54) is 11.3 Å². The van der Waals surface area contributed by atoms with Crippen molar-refractivity contribution < 1.29 is 10.2 Å². The lowest BCUT2D eigenvalue weighted by Gasteiger charge is -2.15. The van der Waals surface area contributed by atoms with Crippen molar-refractivity contribution in [2.45, 2.75) is 25.6 Å². The molecule has 80 valence electrons. The van der Waals surface area contributed by atoms with Crippen molar-refractivity contribution in [3.05, 3.63) is 10.6 Å². The highest BCUT2D eigenvalue weighted by molar-refractivity contribution is 7.15. The number of nitrogens with two attached hydrogens (primary N) is 1. The number of hydrogen-bond acceptors (Lipinski definition) is 5. The van der Waals surface area contributed by atoms with E-state index in [-0.39, 0.29) is 0 Å². The Morgan fingerprint density at radius 3 is 2.64 bits per heavy atom.